The molecule has 0 aromatic carbocycles. The fraction of sp³-hybridized carbons (Fsp3) is 0.615. The second kappa shape index (κ2) is 4.38. The fourth-order valence-electron chi connectivity index (χ4n) is 3.28. The minimum Gasteiger partial charge on any atom is -0.300 e. The molecular formula is C13H16ClNOS. The Hall–Kier alpha value is -0.380. The summed E-state index contributed by atoms with van der Waals surface area (Å²) >= 11 is 7.53. The Labute approximate surface area is 111 Å². The highest BCUT2D eigenvalue weighted by atomic mass is 35.5. The first-order chi connectivity index (χ1) is 8.16. The molecule has 2 aliphatic rings. The van der Waals surface area contributed by atoms with Crippen molar-refractivity contribution in [1.29, 1.82) is 0 Å². The van der Waals surface area contributed by atoms with Crippen molar-refractivity contribution in [2.75, 3.05) is 7.05 Å². The normalized spacial score (nSPS) is 32.9. The Morgan fingerprint density at radius 1 is 1.41 bits per heavy atom. The van der Waals surface area contributed by atoms with Gasteiger partial charge in [-0.25, -0.2) is 0 Å². The number of carbonyl (C=O) groups is 1. The van der Waals surface area contributed by atoms with Crippen molar-refractivity contribution < 1.29 is 4.79 Å². The van der Waals surface area contributed by atoms with E-state index in [-0.39, 0.29) is 11.7 Å². The Bertz CT molecular complexity index is 430. The number of hydrogen-bond donors (Lipinski definition) is 0. The zero-order chi connectivity index (χ0) is 12.0. The topological polar surface area (TPSA) is 20.3 Å². The summed E-state index contributed by atoms with van der Waals surface area (Å²) in [6.45, 7) is 0. The molecule has 2 aliphatic heterocycles. The lowest BCUT2D eigenvalue weighted by atomic mass is 9.87. The molecule has 0 saturated carbocycles. The van der Waals surface area contributed by atoms with Gasteiger partial charge in [-0.1, -0.05) is 11.6 Å². The standard InChI is InChI=1S/C13H16ClNOS/c1-15-9-2-3-10(15)7-8(6-9)12(16)13-11(14)4-5-17-13/h4-5,8-10H,2-3,6-7H2,1H3. The number of Topliss-reactive ketones (excluding diaryl/α,β-unsaturated/α-hetero) is 1. The second-order valence-corrected chi connectivity index (χ2v) is 6.50. The van der Waals surface area contributed by atoms with Crippen LogP contribution in [0.1, 0.15) is 35.4 Å². The molecular weight excluding hydrogens is 254 g/mol. The highest BCUT2D eigenvalue weighted by Crippen LogP contribution is 2.39. The van der Waals surface area contributed by atoms with Gasteiger partial charge in [-0.3, -0.25) is 4.79 Å². The molecule has 2 unspecified atom stereocenters. The van der Waals surface area contributed by atoms with E-state index in [2.05, 4.69) is 11.9 Å². The van der Waals surface area contributed by atoms with Gasteiger partial charge in [-0.05, 0) is 44.2 Å². The Balaban J connectivity index is 1.79. The fourth-order valence-corrected chi connectivity index (χ4v) is 4.45. The number of piperidine rings is 1. The molecule has 3 heterocycles. The van der Waals surface area contributed by atoms with Crippen LogP contribution in [0.5, 0.6) is 0 Å². The predicted octanol–water partition coefficient (Wildman–Crippen LogP) is 3.46. The molecule has 92 valence electrons. The molecule has 1 aromatic heterocycles. The third-order valence-electron chi connectivity index (χ3n) is 4.31. The van der Waals surface area contributed by atoms with E-state index in [0.29, 0.717) is 17.1 Å². The highest BCUT2D eigenvalue weighted by molar-refractivity contribution is 7.12. The third kappa shape index (κ3) is 1.94. The predicted molar refractivity (Wildman–Crippen MR) is 71.0 cm³/mol. The average Bonchev–Trinajstić information content (AvgIpc) is 2.79. The van der Waals surface area contributed by atoms with E-state index in [9.17, 15) is 4.79 Å². The van der Waals surface area contributed by atoms with Crippen molar-refractivity contribution in [3.05, 3.63) is 21.3 Å². The van der Waals surface area contributed by atoms with Crippen LogP contribution in [-0.4, -0.2) is 29.8 Å². The van der Waals surface area contributed by atoms with E-state index in [4.69, 9.17) is 11.6 Å². The molecule has 3 rings (SSSR count). The van der Waals surface area contributed by atoms with E-state index in [0.717, 1.165) is 17.7 Å². The van der Waals surface area contributed by atoms with E-state index >= 15 is 0 Å². The van der Waals surface area contributed by atoms with Gasteiger partial charge in [0, 0.05) is 18.0 Å². The van der Waals surface area contributed by atoms with Crippen molar-refractivity contribution in [3.63, 3.8) is 0 Å². The van der Waals surface area contributed by atoms with Crippen LogP contribution in [0.15, 0.2) is 11.4 Å². The van der Waals surface area contributed by atoms with Crippen molar-refractivity contribution >= 4 is 28.7 Å². The quantitative estimate of drug-likeness (QED) is 0.767. The first kappa shape index (κ1) is 11.7. The second-order valence-electron chi connectivity index (χ2n) is 5.18. The lowest BCUT2D eigenvalue weighted by Crippen LogP contribution is -2.41. The summed E-state index contributed by atoms with van der Waals surface area (Å²) in [6, 6.07) is 3.05. The summed E-state index contributed by atoms with van der Waals surface area (Å²) < 4.78 is 0. The summed E-state index contributed by atoms with van der Waals surface area (Å²) in [6.07, 6.45) is 4.53. The summed E-state index contributed by atoms with van der Waals surface area (Å²) in [4.78, 5) is 15.6. The lowest BCUT2D eigenvalue weighted by Gasteiger charge is -2.35. The van der Waals surface area contributed by atoms with E-state index in [1.807, 2.05) is 11.4 Å². The summed E-state index contributed by atoms with van der Waals surface area (Å²) in [5, 5.41) is 2.53. The zero-order valence-electron chi connectivity index (χ0n) is 9.86. The van der Waals surface area contributed by atoms with Crippen molar-refractivity contribution in [3.8, 4) is 0 Å². The van der Waals surface area contributed by atoms with Crippen LogP contribution >= 0.6 is 22.9 Å². The minimum atomic E-state index is 0.194. The number of fused-ring (bicyclic) bond motifs is 2. The van der Waals surface area contributed by atoms with Gasteiger partial charge in [0.05, 0.1) is 9.90 Å². The molecule has 2 saturated heterocycles. The summed E-state index contributed by atoms with van der Waals surface area (Å²) in [5.74, 6) is 0.467. The third-order valence-corrected chi connectivity index (χ3v) is 5.67. The minimum absolute atomic E-state index is 0.194. The van der Waals surface area contributed by atoms with Crippen LogP contribution in [0.3, 0.4) is 0 Å². The molecule has 2 bridgehead atoms. The first-order valence-corrected chi connectivity index (χ1v) is 7.41. The van der Waals surface area contributed by atoms with Gasteiger partial charge in [0.25, 0.3) is 0 Å². The highest BCUT2D eigenvalue weighted by Gasteiger charge is 2.41. The van der Waals surface area contributed by atoms with Crippen LogP contribution in [0.2, 0.25) is 5.02 Å². The molecule has 0 N–H and O–H groups in total. The van der Waals surface area contributed by atoms with Crippen LogP contribution in [0.25, 0.3) is 0 Å². The number of nitrogens with zero attached hydrogens (tertiary/aromatic N) is 1. The first-order valence-electron chi connectivity index (χ1n) is 6.16. The van der Waals surface area contributed by atoms with Gasteiger partial charge in [0.1, 0.15) is 0 Å². The molecule has 0 spiro atoms. The van der Waals surface area contributed by atoms with Gasteiger partial charge >= 0.3 is 0 Å². The SMILES string of the molecule is CN1C2CCC1CC(C(=O)c1sccc1Cl)C2. The molecule has 0 amide bonds. The maximum absolute atomic E-state index is 12.4. The summed E-state index contributed by atoms with van der Waals surface area (Å²) in [7, 11) is 2.20. The number of rotatable bonds is 2. The Morgan fingerprint density at radius 3 is 2.59 bits per heavy atom. The van der Waals surface area contributed by atoms with Gasteiger partial charge in [-0.15, -0.1) is 11.3 Å². The van der Waals surface area contributed by atoms with Crippen LogP contribution in [0, 0.1) is 5.92 Å². The van der Waals surface area contributed by atoms with Crippen LogP contribution in [0.4, 0.5) is 0 Å². The van der Waals surface area contributed by atoms with Gasteiger partial charge in [0.2, 0.25) is 0 Å². The molecule has 2 atom stereocenters. The van der Waals surface area contributed by atoms with Gasteiger partial charge in [-0.2, -0.15) is 0 Å². The van der Waals surface area contributed by atoms with E-state index in [1.54, 1.807) is 0 Å². The van der Waals surface area contributed by atoms with Crippen LogP contribution in [-0.2, 0) is 0 Å². The number of carbonyl (C=O) groups excluding carboxylic acids is 1. The van der Waals surface area contributed by atoms with Crippen molar-refractivity contribution in [1.82, 2.24) is 4.90 Å². The number of hydrogen-bond acceptors (Lipinski definition) is 3. The van der Waals surface area contributed by atoms with Gasteiger partial charge < -0.3 is 4.90 Å². The average molecular weight is 270 g/mol. The van der Waals surface area contributed by atoms with Crippen LogP contribution < -0.4 is 0 Å². The van der Waals surface area contributed by atoms with Crippen molar-refractivity contribution in [2.45, 2.75) is 37.8 Å². The van der Waals surface area contributed by atoms with E-state index in [1.165, 1.54) is 24.2 Å². The molecule has 0 radical (unpaired) electrons. The number of thiophene rings is 1. The van der Waals surface area contributed by atoms with E-state index < -0.39 is 0 Å². The number of ketones is 1. The number of halogens is 1. The Kier molecular flexibility index (Phi) is 3.01. The molecule has 17 heavy (non-hydrogen) atoms. The van der Waals surface area contributed by atoms with Crippen molar-refractivity contribution in [2.24, 2.45) is 5.92 Å². The van der Waals surface area contributed by atoms with Gasteiger partial charge in [0.15, 0.2) is 5.78 Å². The maximum atomic E-state index is 12.4. The molecule has 2 nitrogen and oxygen atoms in total. The smallest absolute Gasteiger partial charge is 0.177 e. The molecule has 1 aromatic rings. The largest absolute Gasteiger partial charge is 0.300 e. The monoisotopic (exact) mass is 269 g/mol. The maximum Gasteiger partial charge on any atom is 0.177 e. The molecule has 0 aliphatic carbocycles. The molecule has 4 heteroatoms. The summed E-state index contributed by atoms with van der Waals surface area (Å²) in [5.41, 5.74) is 0. The lowest BCUT2D eigenvalue weighted by molar-refractivity contribution is 0.0771. The molecule has 2 fully saturated rings. The Morgan fingerprint density at radius 2 is 2.06 bits per heavy atom. The zero-order valence-corrected chi connectivity index (χ0v) is 11.4.